The Labute approximate surface area is 128 Å². The standard InChI is InChI=1S/C17H28N2O2/c1-4-5-12-21-13-8-11-18-17(20)19-16-10-7-6-9-15(16)14(2)3/h6-7,9-10,14H,4-5,8,11-13H2,1-3H3,(H2,18,19,20). The van der Waals surface area contributed by atoms with E-state index in [-0.39, 0.29) is 6.03 Å². The number of rotatable bonds is 9. The molecule has 0 aliphatic rings. The van der Waals surface area contributed by atoms with Gasteiger partial charge < -0.3 is 15.4 Å². The van der Waals surface area contributed by atoms with Gasteiger partial charge in [0.15, 0.2) is 0 Å². The monoisotopic (exact) mass is 292 g/mol. The number of carbonyl (C=O) groups excluding carboxylic acids is 1. The summed E-state index contributed by atoms with van der Waals surface area (Å²) in [5.41, 5.74) is 2.03. The summed E-state index contributed by atoms with van der Waals surface area (Å²) in [4.78, 5) is 11.9. The third-order valence-electron chi connectivity index (χ3n) is 3.22. The highest BCUT2D eigenvalue weighted by atomic mass is 16.5. The van der Waals surface area contributed by atoms with Crippen LogP contribution in [0.5, 0.6) is 0 Å². The molecule has 0 spiro atoms. The molecule has 0 bridgehead atoms. The fourth-order valence-electron chi connectivity index (χ4n) is 2.01. The maximum Gasteiger partial charge on any atom is 0.319 e. The highest BCUT2D eigenvalue weighted by Gasteiger charge is 2.08. The van der Waals surface area contributed by atoms with Crippen LogP contribution in [0.2, 0.25) is 0 Å². The average molecular weight is 292 g/mol. The number of hydrogen-bond donors (Lipinski definition) is 2. The third kappa shape index (κ3) is 7.14. The molecule has 0 saturated carbocycles. The van der Waals surface area contributed by atoms with Crippen molar-refractivity contribution in [2.24, 2.45) is 0 Å². The fraction of sp³-hybridized carbons (Fsp3) is 0.588. The molecule has 118 valence electrons. The molecule has 0 aromatic heterocycles. The van der Waals surface area contributed by atoms with E-state index in [9.17, 15) is 4.79 Å². The van der Waals surface area contributed by atoms with Gasteiger partial charge in [-0.1, -0.05) is 45.4 Å². The normalized spacial score (nSPS) is 10.7. The molecule has 0 saturated heterocycles. The summed E-state index contributed by atoms with van der Waals surface area (Å²) in [6, 6.07) is 7.75. The number of amides is 2. The summed E-state index contributed by atoms with van der Waals surface area (Å²) in [5.74, 6) is 0.383. The first kappa shape index (κ1) is 17.5. The zero-order chi connectivity index (χ0) is 15.5. The molecular formula is C17H28N2O2. The summed E-state index contributed by atoms with van der Waals surface area (Å²) >= 11 is 0. The van der Waals surface area contributed by atoms with Crippen LogP contribution < -0.4 is 10.6 Å². The van der Waals surface area contributed by atoms with Gasteiger partial charge in [-0.05, 0) is 30.4 Å². The van der Waals surface area contributed by atoms with Gasteiger partial charge in [-0.15, -0.1) is 0 Å². The van der Waals surface area contributed by atoms with Gasteiger partial charge in [0.05, 0.1) is 0 Å². The van der Waals surface area contributed by atoms with Gasteiger partial charge in [0.25, 0.3) is 0 Å². The van der Waals surface area contributed by atoms with E-state index in [0.717, 1.165) is 37.1 Å². The second-order valence-corrected chi connectivity index (χ2v) is 5.44. The Morgan fingerprint density at radius 2 is 1.90 bits per heavy atom. The van der Waals surface area contributed by atoms with Crippen molar-refractivity contribution in [1.29, 1.82) is 0 Å². The summed E-state index contributed by atoms with van der Waals surface area (Å²) in [7, 11) is 0. The Morgan fingerprint density at radius 1 is 1.19 bits per heavy atom. The highest BCUT2D eigenvalue weighted by Crippen LogP contribution is 2.23. The van der Waals surface area contributed by atoms with Gasteiger partial charge >= 0.3 is 6.03 Å². The van der Waals surface area contributed by atoms with E-state index >= 15 is 0 Å². The number of urea groups is 1. The first-order valence-electron chi connectivity index (χ1n) is 7.86. The molecular weight excluding hydrogens is 264 g/mol. The van der Waals surface area contributed by atoms with Crippen LogP contribution in [-0.4, -0.2) is 25.8 Å². The summed E-state index contributed by atoms with van der Waals surface area (Å²) in [6.45, 7) is 8.51. The predicted octanol–water partition coefficient (Wildman–Crippen LogP) is 4.14. The summed E-state index contributed by atoms with van der Waals surface area (Å²) in [5, 5.41) is 5.77. The number of carbonyl (C=O) groups is 1. The molecule has 0 atom stereocenters. The van der Waals surface area contributed by atoms with E-state index in [0.29, 0.717) is 19.1 Å². The Hall–Kier alpha value is -1.55. The van der Waals surface area contributed by atoms with Crippen LogP contribution in [-0.2, 0) is 4.74 Å². The van der Waals surface area contributed by atoms with Crippen molar-refractivity contribution in [3.8, 4) is 0 Å². The van der Waals surface area contributed by atoms with Gasteiger partial charge in [0.2, 0.25) is 0 Å². The number of unbranched alkanes of at least 4 members (excludes halogenated alkanes) is 1. The zero-order valence-electron chi connectivity index (χ0n) is 13.4. The van der Waals surface area contributed by atoms with Crippen molar-refractivity contribution < 1.29 is 9.53 Å². The average Bonchev–Trinajstić information content (AvgIpc) is 2.46. The fourth-order valence-corrected chi connectivity index (χ4v) is 2.01. The highest BCUT2D eigenvalue weighted by molar-refractivity contribution is 5.90. The molecule has 4 nitrogen and oxygen atoms in total. The molecule has 0 radical (unpaired) electrons. The van der Waals surface area contributed by atoms with E-state index in [1.54, 1.807) is 0 Å². The van der Waals surface area contributed by atoms with E-state index in [1.807, 2.05) is 24.3 Å². The smallest absolute Gasteiger partial charge is 0.319 e. The van der Waals surface area contributed by atoms with Crippen molar-refractivity contribution in [1.82, 2.24) is 5.32 Å². The van der Waals surface area contributed by atoms with Crippen LogP contribution in [0.15, 0.2) is 24.3 Å². The van der Waals surface area contributed by atoms with E-state index in [1.165, 1.54) is 0 Å². The molecule has 1 rings (SSSR count). The Balaban J connectivity index is 2.25. The van der Waals surface area contributed by atoms with Crippen LogP contribution in [0.25, 0.3) is 0 Å². The quantitative estimate of drug-likeness (QED) is 0.672. The minimum atomic E-state index is -0.156. The Kier molecular flexibility index (Phi) is 8.51. The van der Waals surface area contributed by atoms with Crippen molar-refractivity contribution in [2.45, 2.75) is 46.0 Å². The molecule has 0 aliphatic carbocycles. The lowest BCUT2D eigenvalue weighted by molar-refractivity contribution is 0.129. The summed E-state index contributed by atoms with van der Waals surface area (Å²) in [6.07, 6.45) is 3.08. The second-order valence-electron chi connectivity index (χ2n) is 5.44. The maximum absolute atomic E-state index is 11.9. The molecule has 1 aromatic carbocycles. The van der Waals surface area contributed by atoms with Crippen LogP contribution >= 0.6 is 0 Å². The molecule has 2 amide bonds. The number of benzene rings is 1. The number of anilines is 1. The number of para-hydroxylation sites is 1. The Bertz CT molecular complexity index is 419. The van der Waals surface area contributed by atoms with Gasteiger partial charge in [-0.3, -0.25) is 0 Å². The van der Waals surface area contributed by atoms with Crippen LogP contribution in [0.1, 0.15) is 51.5 Å². The third-order valence-corrected chi connectivity index (χ3v) is 3.22. The molecule has 21 heavy (non-hydrogen) atoms. The van der Waals surface area contributed by atoms with Gasteiger partial charge in [0.1, 0.15) is 0 Å². The van der Waals surface area contributed by atoms with E-state index in [4.69, 9.17) is 4.74 Å². The molecule has 0 unspecified atom stereocenters. The minimum absolute atomic E-state index is 0.156. The largest absolute Gasteiger partial charge is 0.381 e. The molecule has 2 N–H and O–H groups in total. The zero-order valence-corrected chi connectivity index (χ0v) is 13.4. The molecule has 0 aliphatic heterocycles. The van der Waals surface area contributed by atoms with Gasteiger partial charge in [-0.25, -0.2) is 4.79 Å². The SMILES string of the molecule is CCCCOCCCNC(=O)Nc1ccccc1C(C)C. The van der Waals surface area contributed by atoms with Crippen molar-refractivity contribution in [3.63, 3.8) is 0 Å². The minimum Gasteiger partial charge on any atom is -0.381 e. The number of hydrogen-bond acceptors (Lipinski definition) is 2. The van der Waals surface area contributed by atoms with Crippen molar-refractivity contribution >= 4 is 11.7 Å². The van der Waals surface area contributed by atoms with Gasteiger partial charge in [0, 0.05) is 25.4 Å². The summed E-state index contributed by atoms with van der Waals surface area (Å²) < 4.78 is 5.45. The lowest BCUT2D eigenvalue weighted by Crippen LogP contribution is -2.30. The van der Waals surface area contributed by atoms with Crippen molar-refractivity contribution in [2.75, 3.05) is 25.1 Å². The topological polar surface area (TPSA) is 50.4 Å². The van der Waals surface area contributed by atoms with Crippen LogP contribution in [0.4, 0.5) is 10.5 Å². The first-order valence-corrected chi connectivity index (χ1v) is 7.86. The second kappa shape index (κ2) is 10.2. The van der Waals surface area contributed by atoms with Crippen molar-refractivity contribution in [3.05, 3.63) is 29.8 Å². The lowest BCUT2D eigenvalue weighted by Gasteiger charge is -2.14. The molecule has 1 aromatic rings. The molecule has 0 heterocycles. The van der Waals surface area contributed by atoms with Gasteiger partial charge in [-0.2, -0.15) is 0 Å². The maximum atomic E-state index is 11.9. The first-order chi connectivity index (χ1) is 10.1. The Morgan fingerprint density at radius 3 is 2.62 bits per heavy atom. The van der Waals surface area contributed by atoms with Crippen LogP contribution in [0.3, 0.4) is 0 Å². The molecule has 0 fully saturated rings. The lowest BCUT2D eigenvalue weighted by atomic mass is 10.0. The van der Waals surface area contributed by atoms with Crippen LogP contribution in [0, 0.1) is 0 Å². The van der Waals surface area contributed by atoms with E-state index in [2.05, 4.69) is 31.4 Å². The number of nitrogens with one attached hydrogen (secondary N) is 2. The van der Waals surface area contributed by atoms with E-state index < -0.39 is 0 Å². The molecule has 4 heteroatoms. The predicted molar refractivity (Wildman–Crippen MR) is 87.9 cm³/mol. The number of ether oxygens (including phenoxy) is 1.